The topological polar surface area (TPSA) is 6.48 Å². The van der Waals surface area contributed by atoms with Gasteiger partial charge < -0.3 is 9.80 Å². The van der Waals surface area contributed by atoms with Crippen LogP contribution in [-0.2, 0) is 10.8 Å². The Hall–Kier alpha value is -5.86. The Labute approximate surface area is 283 Å². The Morgan fingerprint density at radius 3 is 1.12 bits per heavy atom. The normalized spacial score (nSPS) is 15.1. The molecule has 2 aliphatic heterocycles. The highest BCUT2D eigenvalue weighted by Gasteiger charge is 2.46. The quantitative estimate of drug-likeness (QED) is 0.194. The molecule has 2 heteroatoms. The van der Waals surface area contributed by atoms with Gasteiger partial charge in [0.05, 0.1) is 28.2 Å². The summed E-state index contributed by atoms with van der Waals surface area (Å²) in [6, 6.07) is 66.7. The van der Waals surface area contributed by atoms with E-state index in [2.05, 4.69) is 206 Å². The van der Waals surface area contributed by atoms with Crippen LogP contribution in [0.1, 0.15) is 47.2 Å². The number of nitrogens with zero attached hydrogens (tertiary/aromatic N) is 2. The fraction of sp³-hybridized carbons (Fsp3) is 0.0870. The van der Waals surface area contributed by atoms with Crippen molar-refractivity contribution in [3.05, 3.63) is 215 Å². The van der Waals surface area contributed by atoms with E-state index >= 15 is 0 Å². The number of benzene rings is 7. The first-order valence-corrected chi connectivity index (χ1v) is 16.8. The van der Waals surface area contributed by atoms with Gasteiger partial charge in [-0.3, -0.25) is 0 Å². The van der Waals surface area contributed by atoms with Gasteiger partial charge in [0.25, 0.3) is 0 Å². The minimum atomic E-state index is -0.530. The first-order valence-electron chi connectivity index (χ1n) is 16.8. The molecule has 0 aliphatic carbocycles. The van der Waals surface area contributed by atoms with Crippen molar-refractivity contribution in [1.29, 1.82) is 0 Å². The number of anilines is 6. The van der Waals surface area contributed by atoms with Gasteiger partial charge in [-0.15, -0.1) is 0 Å². The summed E-state index contributed by atoms with van der Waals surface area (Å²) in [5, 5.41) is 0. The van der Waals surface area contributed by atoms with E-state index in [1.807, 2.05) is 0 Å². The van der Waals surface area contributed by atoms with Gasteiger partial charge in [0, 0.05) is 16.8 Å². The second kappa shape index (κ2) is 10.9. The summed E-state index contributed by atoms with van der Waals surface area (Å²) >= 11 is 0. The monoisotopic (exact) mass is 616 g/mol. The van der Waals surface area contributed by atoms with E-state index in [0.717, 1.165) is 11.4 Å². The Bertz CT molecular complexity index is 2170. The number of fused-ring (bicyclic) bond motifs is 4. The lowest BCUT2D eigenvalue weighted by molar-refractivity contribution is 0.632. The number of hydrogen-bond acceptors (Lipinski definition) is 2. The maximum atomic E-state index is 2.44. The third-order valence-electron chi connectivity index (χ3n) is 10.5. The van der Waals surface area contributed by atoms with Gasteiger partial charge in [-0.05, 0) is 81.9 Å². The van der Waals surface area contributed by atoms with Crippen LogP contribution in [-0.4, -0.2) is 0 Å². The van der Waals surface area contributed by atoms with Gasteiger partial charge in [0.1, 0.15) is 0 Å². The van der Waals surface area contributed by atoms with Crippen LogP contribution in [0, 0.1) is 0 Å². The Balaban J connectivity index is 1.29. The molecule has 0 aromatic heterocycles. The van der Waals surface area contributed by atoms with Crippen molar-refractivity contribution in [2.24, 2.45) is 0 Å². The van der Waals surface area contributed by atoms with Crippen LogP contribution >= 0.6 is 0 Å². The molecule has 2 nitrogen and oxygen atoms in total. The molecule has 0 N–H and O–H groups in total. The molecule has 0 atom stereocenters. The maximum absolute atomic E-state index is 2.44. The zero-order chi connectivity index (χ0) is 32.3. The molecule has 7 aromatic carbocycles. The summed E-state index contributed by atoms with van der Waals surface area (Å²) in [7, 11) is 0. The first kappa shape index (κ1) is 28.4. The molecule has 0 radical (unpaired) electrons. The highest BCUT2D eigenvalue weighted by molar-refractivity contribution is 5.90. The van der Waals surface area contributed by atoms with Crippen LogP contribution in [0.5, 0.6) is 0 Å². The Morgan fingerprint density at radius 1 is 0.312 bits per heavy atom. The molecular formula is C46H36N2. The van der Waals surface area contributed by atoms with E-state index in [-0.39, 0.29) is 5.41 Å². The van der Waals surface area contributed by atoms with Gasteiger partial charge in [0.2, 0.25) is 0 Å². The zero-order valence-corrected chi connectivity index (χ0v) is 27.2. The summed E-state index contributed by atoms with van der Waals surface area (Å²) in [5.41, 5.74) is 14.2. The second-order valence-corrected chi connectivity index (χ2v) is 13.4. The molecule has 0 saturated heterocycles. The molecule has 0 saturated carbocycles. The average molecular weight is 617 g/mol. The van der Waals surface area contributed by atoms with Gasteiger partial charge in [-0.1, -0.05) is 147 Å². The molecule has 0 spiro atoms. The molecule has 0 amide bonds. The second-order valence-electron chi connectivity index (χ2n) is 13.4. The van der Waals surface area contributed by atoms with Gasteiger partial charge in [-0.25, -0.2) is 0 Å². The van der Waals surface area contributed by atoms with E-state index in [1.165, 1.54) is 56.1 Å². The van der Waals surface area contributed by atoms with Crippen LogP contribution in [0.15, 0.2) is 182 Å². The predicted molar refractivity (Wildman–Crippen MR) is 200 cm³/mol. The summed E-state index contributed by atoms with van der Waals surface area (Å²) in [4.78, 5) is 4.86. The fourth-order valence-electron chi connectivity index (χ4n) is 8.39. The smallest absolute Gasteiger partial charge is 0.0742 e. The largest absolute Gasteiger partial charge is 0.310 e. The number of hydrogen-bond donors (Lipinski definition) is 0. The van der Waals surface area contributed by atoms with E-state index in [0.29, 0.717) is 0 Å². The lowest BCUT2D eigenvalue weighted by atomic mass is 9.62. The lowest BCUT2D eigenvalue weighted by Crippen LogP contribution is -2.37. The van der Waals surface area contributed by atoms with Crippen LogP contribution in [0.25, 0.3) is 0 Å². The van der Waals surface area contributed by atoms with Gasteiger partial charge in [-0.2, -0.15) is 0 Å². The van der Waals surface area contributed by atoms with Crippen LogP contribution < -0.4 is 9.80 Å². The van der Waals surface area contributed by atoms with Crippen molar-refractivity contribution in [3.63, 3.8) is 0 Å². The van der Waals surface area contributed by atoms with E-state index in [1.54, 1.807) is 0 Å². The van der Waals surface area contributed by atoms with Crippen molar-refractivity contribution in [1.82, 2.24) is 0 Å². The molecule has 2 aliphatic rings. The maximum Gasteiger partial charge on any atom is 0.0742 e. The average Bonchev–Trinajstić information content (AvgIpc) is 3.15. The van der Waals surface area contributed by atoms with Crippen molar-refractivity contribution in [2.45, 2.75) is 24.7 Å². The van der Waals surface area contributed by atoms with Crippen molar-refractivity contribution >= 4 is 34.1 Å². The lowest BCUT2D eigenvalue weighted by Gasteiger charge is -2.46. The Morgan fingerprint density at radius 2 is 0.646 bits per heavy atom. The Kier molecular flexibility index (Phi) is 6.42. The fourth-order valence-corrected chi connectivity index (χ4v) is 8.39. The first-order chi connectivity index (χ1) is 23.6. The van der Waals surface area contributed by atoms with E-state index < -0.39 is 5.41 Å². The third-order valence-corrected chi connectivity index (χ3v) is 10.5. The van der Waals surface area contributed by atoms with Crippen LogP contribution in [0.4, 0.5) is 34.1 Å². The predicted octanol–water partition coefficient (Wildman–Crippen LogP) is 12.0. The highest BCUT2D eigenvalue weighted by Crippen LogP contribution is 2.58. The minimum absolute atomic E-state index is 0.0961. The summed E-state index contributed by atoms with van der Waals surface area (Å²) < 4.78 is 0. The molecule has 0 fully saturated rings. The summed E-state index contributed by atoms with van der Waals surface area (Å²) in [5.74, 6) is 0. The third kappa shape index (κ3) is 3.99. The minimum Gasteiger partial charge on any atom is -0.310 e. The molecular weight excluding hydrogens is 581 g/mol. The summed E-state index contributed by atoms with van der Waals surface area (Å²) in [6.45, 7) is 4.68. The molecule has 7 aromatic rings. The molecule has 9 rings (SSSR count). The number of rotatable bonds is 4. The molecule has 0 bridgehead atoms. The van der Waals surface area contributed by atoms with Crippen molar-refractivity contribution in [2.75, 3.05) is 9.80 Å². The number of para-hydroxylation sites is 5. The van der Waals surface area contributed by atoms with Gasteiger partial charge in [0.15, 0.2) is 0 Å². The van der Waals surface area contributed by atoms with Crippen LogP contribution in [0.2, 0.25) is 0 Å². The van der Waals surface area contributed by atoms with Crippen LogP contribution in [0.3, 0.4) is 0 Å². The van der Waals surface area contributed by atoms with Crippen molar-refractivity contribution in [3.8, 4) is 0 Å². The van der Waals surface area contributed by atoms with Crippen molar-refractivity contribution < 1.29 is 0 Å². The van der Waals surface area contributed by atoms with E-state index in [9.17, 15) is 0 Å². The molecule has 230 valence electrons. The summed E-state index contributed by atoms with van der Waals surface area (Å²) in [6.07, 6.45) is 0. The zero-order valence-electron chi connectivity index (χ0n) is 27.2. The SMILES string of the molecule is CC1(C)c2ccccc2N(c2ccc(C3(c4ccccc4)c4ccccc4N(c4ccccc4)c4ccccc43)cc2)c2ccccc21. The van der Waals surface area contributed by atoms with Gasteiger partial charge >= 0.3 is 0 Å². The molecule has 48 heavy (non-hydrogen) atoms. The highest BCUT2D eigenvalue weighted by atomic mass is 15.2. The molecule has 0 unspecified atom stereocenters. The molecule has 2 heterocycles. The standard InChI is InChI=1S/C46H36N2/c1-45(2)37-21-9-13-25-41(37)48(42-26-14-10-22-38(42)45)36-31-29-34(30-32-36)46(33-17-5-3-6-18-33)39-23-11-15-27-43(39)47(35-19-7-4-8-20-35)44-28-16-12-24-40(44)46/h3-32H,1-2H3. The van der Waals surface area contributed by atoms with E-state index in [4.69, 9.17) is 0 Å².